The topological polar surface area (TPSA) is 29.5 Å². The Hall–Kier alpha value is -1.51. The van der Waals surface area contributed by atoms with Crippen LogP contribution in [0.1, 0.15) is 13.8 Å². The van der Waals surface area contributed by atoms with E-state index in [4.69, 9.17) is 4.74 Å². The molecule has 3 nitrogen and oxygen atoms in total. The van der Waals surface area contributed by atoms with Crippen molar-refractivity contribution in [1.29, 1.82) is 0 Å². The summed E-state index contributed by atoms with van der Waals surface area (Å²) in [5.41, 5.74) is 0.715. The average Bonchev–Trinajstić information content (AvgIpc) is 2.28. The van der Waals surface area contributed by atoms with Crippen molar-refractivity contribution in [2.45, 2.75) is 13.8 Å². The summed E-state index contributed by atoms with van der Waals surface area (Å²) in [7, 11) is 3.62. The summed E-state index contributed by atoms with van der Waals surface area (Å²) in [6.45, 7) is 4.54. The van der Waals surface area contributed by atoms with Crippen LogP contribution in [0, 0.1) is 5.41 Å². The van der Waals surface area contributed by atoms with E-state index in [0.29, 0.717) is 6.54 Å². The summed E-state index contributed by atoms with van der Waals surface area (Å²) in [4.78, 5) is 12.9. The van der Waals surface area contributed by atoms with E-state index in [-0.39, 0.29) is 5.41 Å². The highest BCUT2D eigenvalue weighted by Crippen LogP contribution is 2.22. The molecule has 0 fully saturated rings. The zero-order chi connectivity index (χ0) is 12.2. The van der Waals surface area contributed by atoms with Gasteiger partial charge in [0.2, 0.25) is 0 Å². The minimum atomic E-state index is -0.335. The van der Waals surface area contributed by atoms with Gasteiger partial charge in [0.15, 0.2) is 0 Å². The van der Waals surface area contributed by atoms with Crippen molar-refractivity contribution < 1.29 is 9.53 Å². The number of aldehydes is 1. The highest BCUT2D eigenvalue weighted by Gasteiger charge is 2.19. The molecule has 1 aromatic rings. The zero-order valence-corrected chi connectivity index (χ0v) is 10.4. The number of carbonyl (C=O) groups excluding carboxylic acids is 1. The Labute approximate surface area is 97.0 Å². The van der Waals surface area contributed by atoms with Crippen LogP contribution >= 0.6 is 0 Å². The van der Waals surface area contributed by atoms with Gasteiger partial charge in [-0.15, -0.1) is 0 Å². The number of ether oxygens (including phenoxy) is 1. The van der Waals surface area contributed by atoms with E-state index >= 15 is 0 Å². The van der Waals surface area contributed by atoms with Crippen molar-refractivity contribution in [3.05, 3.63) is 24.3 Å². The molecule has 0 atom stereocenters. The van der Waals surface area contributed by atoms with E-state index in [1.165, 1.54) is 0 Å². The maximum atomic E-state index is 10.9. The Morgan fingerprint density at radius 2 is 2.12 bits per heavy atom. The maximum absolute atomic E-state index is 10.9. The first-order valence-electron chi connectivity index (χ1n) is 5.30. The van der Waals surface area contributed by atoms with Gasteiger partial charge in [0.1, 0.15) is 12.0 Å². The molecule has 0 unspecified atom stereocenters. The van der Waals surface area contributed by atoms with Crippen LogP contribution in [0.5, 0.6) is 5.75 Å². The van der Waals surface area contributed by atoms with Gasteiger partial charge >= 0.3 is 0 Å². The first-order chi connectivity index (χ1) is 7.48. The molecule has 0 bridgehead atoms. The number of hydrogen-bond acceptors (Lipinski definition) is 3. The second kappa shape index (κ2) is 5.01. The third kappa shape index (κ3) is 3.26. The van der Waals surface area contributed by atoms with Gasteiger partial charge in [-0.25, -0.2) is 0 Å². The fraction of sp³-hybridized carbons (Fsp3) is 0.462. The second-order valence-corrected chi connectivity index (χ2v) is 4.66. The lowest BCUT2D eigenvalue weighted by molar-refractivity contribution is -0.114. The highest BCUT2D eigenvalue weighted by molar-refractivity contribution is 5.60. The van der Waals surface area contributed by atoms with Crippen LogP contribution in [0.2, 0.25) is 0 Å². The number of hydrogen-bond donors (Lipinski definition) is 0. The first kappa shape index (κ1) is 12.6. The van der Waals surface area contributed by atoms with Gasteiger partial charge in [-0.1, -0.05) is 19.9 Å². The highest BCUT2D eigenvalue weighted by atomic mass is 16.5. The maximum Gasteiger partial charge on any atom is 0.127 e. The van der Waals surface area contributed by atoms with E-state index in [0.717, 1.165) is 17.7 Å². The van der Waals surface area contributed by atoms with Gasteiger partial charge < -0.3 is 14.4 Å². The second-order valence-electron chi connectivity index (χ2n) is 4.66. The molecule has 88 valence electrons. The normalized spacial score (nSPS) is 11.0. The van der Waals surface area contributed by atoms with Gasteiger partial charge in [0, 0.05) is 30.8 Å². The molecule has 0 aliphatic rings. The summed E-state index contributed by atoms with van der Waals surface area (Å²) in [5, 5.41) is 0. The average molecular weight is 221 g/mol. The molecule has 0 aliphatic carbocycles. The van der Waals surface area contributed by atoms with Crippen molar-refractivity contribution in [2.24, 2.45) is 5.41 Å². The smallest absolute Gasteiger partial charge is 0.127 e. The molecule has 0 saturated heterocycles. The van der Waals surface area contributed by atoms with Crippen LogP contribution in [-0.4, -0.2) is 27.0 Å². The van der Waals surface area contributed by atoms with E-state index in [1.807, 2.05) is 45.2 Å². The number of benzene rings is 1. The molecule has 16 heavy (non-hydrogen) atoms. The predicted molar refractivity (Wildman–Crippen MR) is 66.1 cm³/mol. The minimum absolute atomic E-state index is 0.335. The molecule has 0 spiro atoms. The van der Waals surface area contributed by atoms with Crippen LogP contribution in [0.15, 0.2) is 24.3 Å². The molecule has 0 aromatic heterocycles. The Morgan fingerprint density at radius 1 is 1.44 bits per heavy atom. The van der Waals surface area contributed by atoms with E-state index in [9.17, 15) is 4.79 Å². The molecule has 0 N–H and O–H groups in total. The molecule has 0 radical (unpaired) electrons. The van der Waals surface area contributed by atoms with Gasteiger partial charge in [-0.05, 0) is 12.1 Å². The zero-order valence-electron chi connectivity index (χ0n) is 10.4. The third-order valence-corrected chi connectivity index (χ3v) is 2.46. The number of methoxy groups -OCH3 is 1. The predicted octanol–water partition coefficient (Wildman–Crippen LogP) is 2.36. The van der Waals surface area contributed by atoms with E-state index in [2.05, 4.69) is 4.90 Å². The van der Waals surface area contributed by atoms with Crippen molar-refractivity contribution in [2.75, 3.05) is 25.6 Å². The fourth-order valence-electron chi connectivity index (χ4n) is 1.59. The Balaban J connectivity index is 2.80. The molecule has 1 rings (SSSR count). The SMILES string of the molecule is COc1cccc(N(C)CC(C)(C)C=O)c1. The summed E-state index contributed by atoms with van der Waals surface area (Å²) in [6.07, 6.45) is 0.990. The van der Waals surface area contributed by atoms with Crippen molar-refractivity contribution in [1.82, 2.24) is 0 Å². The summed E-state index contributed by atoms with van der Waals surface area (Å²) >= 11 is 0. The lowest BCUT2D eigenvalue weighted by Crippen LogP contribution is -2.32. The lowest BCUT2D eigenvalue weighted by atomic mass is 9.95. The molecule has 0 saturated carbocycles. The van der Waals surface area contributed by atoms with Crippen molar-refractivity contribution >= 4 is 12.0 Å². The van der Waals surface area contributed by atoms with E-state index in [1.54, 1.807) is 7.11 Å². The van der Waals surface area contributed by atoms with Gasteiger partial charge in [0.05, 0.1) is 7.11 Å². The molecule has 1 aromatic carbocycles. The number of rotatable bonds is 5. The summed E-state index contributed by atoms with van der Waals surface area (Å²) in [5.74, 6) is 0.827. The fourth-order valence-corrected chi connectivity index (χ4v) is 1.59. The standard InChI is InChI=1S/C13H19NO2/c1-13(2,10-15)9-14(3)11-6-5-7-12(8-11)16-4/h5-8,10H,9H2,1-4H3. The van der Waals surface area contributed by atoms with Gasteiger partial charge in [-0.2, -0.15) is 0 Å². The Bertz CT molecular complexity index is 361. The van der Waals surface area contributed by atoms with Crippen LogP contribution < -0.4 is 9.64 Å². The van der Waals surface area contributed by atoms with Crippen molar-refractivity contribution in [3.8, 4) is 5.75 Å². The lowest BCUT2D eigenvalue weighted by Gasteiger charge is -2.27. The minimum Gasteiger partial charge on any atom is -0.497 e. The molecule has 3 heteroatoms. The monoisotopic (exact) mass is 221 g/mol. The van der Waals surface area contributed by atoms with Gasteiger partial charge in [0.25, 0.3) is 0 Å². The molecular formula is C13H19NO2. The first-order valence-corrected chi connectivity index (χ1v) is 5.30. The number of carbonyl (C=O) groups is 1. The van der Waals surface area contributed by atoms with Crippen LogP contribution in [0.3, 0.4) is 0 Å². The molecular weight excluding hydrogens is 202 g/mol. The third-order valence-electron chi connectivity index (χ3n) is 2.46. The summed E-state index contributed by atoms with van der Waals surface area (Å²) < 4.78 is 5.17. The molecule has 0 amide bonds. The summed E-state index contributed by atoms with van der Waals surface area (Å²) in [6, 6.07) is 7.81. The van der Waals surface area contributed by atoms with Crippen LogP contribution in [0.4, 0.5) is 5.69 Å². The van der Waals surface area contributed by atoms with Crippen LogP contribution in [-0.2, 0) is 4.79 Å². The quantitative estimate of drug-likeness (QED) is 0.715. The Kier molecular flexibility index (Phi) is 3.93. The van der Waals surface area contributed by atoms with Crippen LogP contribution in [0.25, 0.3) is 0 Å². The molecule has 0 aliphatic heterocycles. The number of anilines is 1. The molecule has 0 heterocycles. The Morgan fingerprint density at radius 3 is 2.69 bits per heavy atom. The van der Waals surface area contributed by atoms with E-state index < -0.39 is 0 Å². The largest absolute Gasteiger partial charge is 0.497 e. The van der Waals surface area contributed by atoms with Crippen molar-refractivity contribution in [3.63, 3.8) is 0 Å². The van der Waals surface area contributed by atoms with Gasteiger partial charge in [-0.3, -0.25) is 0 Å². The number of nitrogens with zero attached hydrogens (tertiary/aromatic N) is 1.